The van der Waals surface area contributed by atoms with E-state index in [-0.39, 0.29) is 5.91 Å². The van der Waals surface area contributed by atoms with Crippen LogP contribution in [0.4, 0.5) is 5.69 Å². The molecule has 0 bridgehead atoms. The normalized spacial score (nSPS) is 15.1. The Morgan fingerprint density at radius 2 is 1.79 bits per heavy atom. The van der Waals surface area contributed by atoms with Gasteiger partial charge >= 0.3 is 0 Å². The second-order valence-corrected chi connectivity index (χ2v) is 7.84. The van der Waals surface area contributed by atoms with E-state index in [0.717, 1.165) is 28.4 Å². The van der Waals surface area contributed by atoms with Crippen molar-refractivity contribution in [3.63, 3.8) is 0 Å². The van der Waals surface area contributed by atoms with E-state index in [1.165, 1.54) is 31.5 Å². The zero-order chi connectivity index (χ0) is 20.6. The van der Waals surface area contributed by atoms with Crippen LogP contribution in [0, 0.1) is 0 Å². The highest BCUT2D eigenvalue weighted by atomic mass is 16.5. The molecule has 1 atom stereocenters. The lowest BCUT2D eigenvalue weighted by Gasteiger charge is -2.17. The van der Waals surface area contributed by atoms with Crippen LogP contribution in [0.15, 0.2) is 42.5 Å². The molecule has 3 N–H and O–H groups in total. The molecule has 0 saturated carbocycles. The van der Waals surface area contributed by atoms with E-state index in [2.05, 4.69) is 17.4 Å². The van der Waals surface area contributed by atoms with Crippen molar-refractivity contribution in [2.24, 2.45) is 0 Å². The number of likely N-dealkylation sites (tertiary alicyclic amines) is 1. The van der Waals surface area contributed by atoms with Gasteiger partial charge in [0.2, 0.25) is 0 Å². The van der Waals surface area contributed by atoms with Crippen LogP contribution >= 0.6 is 0 Å². The molecule has 2 aromatic carbocycles. The average Bonchev–Trinajstić information content (AvgIpc) is 3.22. The third-order valence-electron chi connectivity index (χ3n) is 5.44. The Hall–Kier alpha value is -2.57. The molecule has 1 heterocycles. The van der Waals surface area contributed by atoms with Crippen LogP contribution in [-0.2, 0) is 17.9 Å². The standard InChI is InChI=1S/C23H31N3O3/c1-25(16-19-7-6-8-21(28-2)23(19)29-3)17-22(27)24-20-11-9-18(10-12-20)15-26-13-4-5-14-26/h6-12H,4-5,13-17H2,1-3H3,(H,24,27)/p+2. The number of anilines is 1. The highest BCUT2D eigenvalue weighted by Gasteiger charge is 2.17. The Kier molecular flexibility index (Phi) is 7.49. The zero-order valence-electron chi connectivity index (χ0n) is 17.7. The lowest BCUT2D eigenvalue weighted by Crippen LogP contribution is -3.08. The van der Waals surface area contributed by atoms with Crippen LogP contribution in [0.3, 0.4) is 0 Å². The summed E-state index contributed by atoms with van der Waals surface area (Å²) >= 11 is 0. The predicted molar refractivity (Wildman–Crippen MR) is 114 cm³/mol. The molecule has 1 unspecified atom stereocenters. The number of hydrogen-bond donors (Lipinski definition) is 3. The molecule has 1 fully saturated rings. The smallest absolute Gasteiger partial charge is 0.279 e. The van der Waals surface area contributed by atoms with Gasteiger partial charge in [0.1, 0.15) is 13.1 Å². The molecule has 3 rings (SSSR count). The van der Waals surface area contributed by atoms with Crippen LogP contribution in [0.25, 0.3) is 0 Å². The number of quaternary nitrogens is 2. The molecule has 2 aromatic rings. The van der Waals surface area contributed by atoms with E-state index >= 15 is 0 Å². The van der Waals surface area contributed by atoms with Gasteiger partial charge < -0.3 is 24.6 Å². The molecule has 0 aromatic heterocycles. The number of para-hydroxylation sites is 1. The number of hydrogen-bond acceptors (Lipinski definition) is 3. The summed E-state index contributed by atoms with van der Waals surface area (Å²) in [6, 6.07) is 14.1. The van der Waals surface area contributed by atoms with E-state index in [1.807, 2.05) is 37.4 Å². The van der Waals surface area contributed by atoms with E-state index in [1.54, 1.807) is 19.1 Å². The molecule has 1 amide bonds. The molecule has 29 heavy (non-hydrogen) atoms. The summed E-state index contributed by atoms with van der Waals surface area (Å²) in [7, 11) is 5.27. The van der Waals surface area contributed by atoms with Gasteiger partial charge in [0, 0.05) is 24.1 Å². The Bertz CT molecular complexity index is 802. The second-order valence-electron chi connectivity index (χ2n) is 7.84. The molecular formula is C23H33N3O3+2. The predicted octanol–water partition coefficient (Wildman–Crippen LogP) is 0.536. The van der Waals surface area contributed by atoms with Crippen molar-refractivity contribution in [3.8, 4) is 11.5 Å². The number of carbonyl (C=O) groups is 1. The SMILES string of the molecule is COc1cccc(C[NH+](C)CC(=O)Nc2ccc(C[NH+]3CCCC3)cc2)c1OC. The summed E-state index contributed by atoms with van der Waals surface area (Å²) in [6.45, 7) is 4.66. The number of carbonyl (C=O) groups excluding carboxylic acids is 1. The first-order valence-electron chi connectivity index (χ1n) is 10.3. The van der Waals surface area contributed by atoms with Gasteiger partial charge in [-0.2, -0.15) is 0 Å². The number of nitrogens with one attached hydrogen (secondary N) is 3. The lowest BCUT2D eigenvalue weighted by atomic mass is 10.1. The summed E-state index contributed by atoms with van der Waals surface area (Å²) in [5, 5.41) is 3.01. The van der Waals surface area contributed by atoms with Crippen molar-refractivity contribution >= 4 is 11.6 Å². The van der Waals surface area contributed by atoms with Gasteiger partial charge in [-0.1, -0.05) is 18.2 Å². The molecular weight excluding hydrogens is 366 g/mol. The number of likely N-dealkylation sites (N-methyl/N-ethyl adjacent to an activating group) is 1. The van der Waals surface area contributed by atoms with E-state index in [9.17, 15) is 4.79 Å². The van der Waals surface area contributed by atoms with Crippen LogP contribution < -0.4 is 24.6 Å². The zero-order valence-corrected chi connectivity index (χ0v) is 17.7. The van der Waals surface area contributed by atoms with E-state index in [4.69, 9.17) is 9.47 Å². The molecule has 1 saturated heterocycles. The number of ether oxygens (including phenoxy) is 2. The Morgan fingerprint density at radius 1 is 1.07 bits per heavy atom. The molecule has 0 aliphatic carbocycles. The third kappa shape index (κ3) is 5.95. The molecule has 6 nitrogen and oxygen atoms in total. The Morgan fingerprint density at radius 3 is 2.45 bits per heavy atom. The molecule has 156 valence electrons. The van der Waals surface area contributed by atoms with E-state index < -0.39 is 0 Å². The van der Waals surface area contributed by atoms with Crippen molar-refractivity contribution < 1.29 is 24.1 Å². The highest BCUT2D eigenvalue weighted by Crippen LogP contribution is 2.30. The fourth-order valence-corrected chi connectivity index (χ4v) is 4.01. The van der Waals surface area contributed by atoms with Crippen molar-refractivity contribution in [3.05, 3.63) is 53.6 Å². The maximum absolute atomic E-state index is 12.5. The minimum absolute atomic E-state index is 0.00211. The molecule has 6 heteroatoms. The number of rotatable bonds is 9. The minimum atomic E-state index is 0.00211. The average molecular weight is 400 g/mol. The van der Waals surface area contributed by atoms with Gasteiger partial charge in [-0.15, -0.1) is 0 Å². The van der Waals surface area contributed by atoms with Crippen LogP contribution in [0.5, 0.6) is 11.5 Å². The summed E-state index contributed by atoms with van der Waals surface area (Å²) < 4.78 is 10.8. The first kappa shape index (κ1) is 21.1. The quantitative estimate of drug-likeness (QED) is 0.577. The largest absolute Gasteiger partial charge is 0.493 e. The number of amides is 1. The van der Waals surface area contributed by atoms with Gasteiger partial charge in [-0.05, 0) is 24.3 Å². The molecule has 1 aliphatic heterocycles. The van der Waals surface area contributed by atoms with Gasteiger partial charge in [-0.25, -0.2) is 0 Å². The lowest BCUT2D eigenvalue weighted by molar-refractivity contribution is -0.901. The fraction of sp³-hybridized carbons (Fsp3) is 0.435. The van der Waals surface area contributed by atoms with Crippen molar-refractivity contribution in [1.82, 2.24) is 0 Å². The summed E-state index contributed by atoms with van der Waals surface area (Å²) in [5.41, 5.74) is 3.20. The topological polar surface area (TPSA) is 56.4 Å². The van der Waals surface area contributed by atoms with Crippen LogP contribution in [0.2, 0.25) is 0 Å². The van der Waals surface area contributed by atoms with Crippen molar-refractivity contribution in [1.29, 1.82) is 0 Å². The van der Waals surface area contributed by atoms with Gasteiger partial charge in [0.25, 0.3) is 5.91 Å². The fourth-order valence-electron chi connectivity index (χ4n) is 4.01. The summed E-state index contributed by atoms with van der Waals surface area (Å²) in [6.07, 6.45) is 2.67. The van der Waals surface area contributed by atoms with Crippen molar-refractivity contribution in [2.75, 3.05) is 46.2 Å². The van der Waals surface area contributed by atoms with E-state index in [0.29, 0.717) is 18.8 Å². The number of benzene rings is 2. The minimum Gasteiger partial charge on any atom is -0.493 e. The first-order chi connectivity index (χ1) is 14.1. The maximum atomic E-state index is 12.5. The summed E-state index contributed by atoms with van der Waals surface area (Å²) in [4.78, 5) is 15.2. The Balaban J connectivity index is 1.51. The second kappa shape index (κ2) is 10.3. The first-order valence-corrected chi connectivity index (χ1v) is 10.3. The van der Waals surface area contributed by atoms with Gasteiger partial charge in [0.05, 0.1) is 39.9 Å². The highest BCUT2D eigenvalue weighted by molar-refractivity contribution is 5.91. The third-order valence-corrected chi connectivity index (χ3v) is 5.44. The molecule has 0 radical (unpaired) electrons. The van der Waals surface area contributed by atoms with Gasteiger partial charge in [0.15, 0.2) is 18.0 Å². The maximum Gasteiger partial charge on any atom is 0.279 e. The van der Waals surface area contributed by atoms with Gasteiger partial charge in [-0.3, -0.25) is 4.79 Å². The van der Waals surface area contributed by atoms with Crippen LogP contribution in [0.1, 0.15) is 24.0 Å². The molecule has 1 aliphatic rings. The molecule has 0 spiro atoms. The van der Waals surface area contributed by atoms with Crippen LogP contribution in [-0.4, -0.2) is 46.8 Å². The monoisotopic (exact) mass is 399 g/mol. The van der Waals surface area contributed by atoms with Crippen molar-refractivity contribution in [2.45, 2.75) is 25.9 Å². The Labute approximate surface area is 173 Å². The number of methoxy groups -OCH3 is 2. The summed E-state index contributed by atoms with van der Waals surface area (Å²) in [5.74, 6) is 1.44.